The number of amidine groups is 1. The first-order chi connectivity index (χ1) is 6.70. The Morgan fingerprint density at radius 1 is 1.43 bits per heavy atom. The van der Waals surface area contributed by atoms with Gasteiger partial charge in [-0.25, -0.2) is 4.98 Å². The summed E-state index contributed by atoms with van der Waals surface area (Å²) in [4.78, 5) is 4.12. The summed E-state index contributed by atoms with van der Waals surface area (Å²) in [5, 5.41) is 13.4. The van der Waals surface area contributed by atoms with Crippen LogP contribution in [0.25, 0.3) is 0 Å². The zero-order valence-electron chi connectivity index (χ0n) is 7.86. The van der Waals surface area contributed by atoms with E-state index in [1.165, 1.54) is 5.01 Å². The van der Waals surface area contributed by atoms with Gasteiger partial charge in [0.2, 0.25) is 0 Å². The van der Waals surface area contributed by atoms with Crippen LogP contribution in [0.1, 0.15) is 6.92 Å². The summed E-state index contributed by atoms with van der Waals surface area (Å²) in [6, 6.07) is 5.50. The molecule has 4 heteroatoms. The molecule has 0 unspecified atom stereocenters. The van der Waals surface area contributed by atoms with Gasteiger partial charge in [0.05, 0.1) is 5.71 Å². The van der Waals surface area contributed by atoms with Gasteiger partial charge in [0.25, 0.3) is 0 Å². The fourth-order valence-electron chi connectivity index (χ4n) is 1.20. The Bertz CT molecular complexity index is 419. The first kappa shape index (κ1) is 8.62. The third-order valence-corrected chi connectivity index (χ3v) is 2.05. The molecule has 4 nitrogen and oxygen atoms in total. The minimum absolute atomic E-state index is 0.293. The second-order valence-corrected chi connectivity index (χ2v) is 3.01. The van der Waals surface area contributed by atoms with Gasteiger partial charge in [0, 0.05) is 11.8 Å². The maximum absolute atomic E-state index is 7.75. The lowest BCUT2D eigenvalue weighted by atomic mass is 10.2. The van der Waals surface area contributed by atoms with Gasteiger partial charge in [0.15, 0.2) is 11.7 Å². The molecule has 1 aliphatic heterocycles. The average Bonchev–Trinajstić information content (AvgIpc) is 2.47. The van der Waals surface area contributed by atoms with Crippen molar-refractivity contribution in [2.75, 3.05) is 5.01 Å². The highest BCUT2D eigenvalue weighted by Crippen LogP contribution is 2.19. The van der Waals surface area contributed by atoms with E-state index in [1.54, 1.807) is 6.20 Å². The van der Waals surface area contributed by atoms with Gasteiger partial charge in [0.1, 0.15) is 0 Å². The van der Waals surface area contributed by atoms with Crippen LogP contribution < -0.4 is 5.01 Å². The van der Waals surface area contributed by atoms with Crippen LogP contribution in [0.3, 0.4) is 0 Å². The summed E-state index contributed by atoms with van der Waals surface area (Å²) in [7, 11) is 0. The van der Waals surface area contributed by atoms with Crippen LogP contribution in [-0.2, 0) is 0 Å². The van der Waals surface area contributed by atoms with Crippen LogP contribution in [0.15, 0.2) is 41.6 Å². The monoisotopic (exact) mass is 186 g/mol. The van der Waals surface area contributed by atoms with Gasteiger partial charge in [-0.1, -0.05) is 12.6 Å². The Morgan fingerprint density at radius 2 is 2.21 bits per heavy atom. The lowest BCUT2D eigenvalue weighted by Gasteiger charge is -2.11. The van der Waals surface area contributed by atoms with E-state index >= 15 is 0 Å². The third kappa shape index (κ3) is 1.21. The number of hydrogen-bond donors (Lipinski definition) is 1. The predicted octanol–water partition coefficient (Wildman–Crippen LogP) is 1.81. The molecule has 0 spiro atoms. The fraction of sp³-hybridized carbons (Fsp3) is 0.100. The largest absolute Gasteiger partial charge is 0.282 e. The number of pyridine rings is 1. The van der Waals surface area contributed by atoms with Crippen molar-refractivity contribution in [1.82, 2.24) is 4.98 Å². The van der Waals surface area contributed by atoms with Crippen molar-refractivity contribution in [2.24, 2.45) is 5.10 Å². The highest BCUT2D eigenvalue weighted by atomic mass is 15.5. The van der Waals surface area contributed by atoms with E-state index < -0.39 is 0 Å². The van der Waals surface area contributed by atoms with Crippen molar-refractivity contribution in [2.45, 2.75) is 6.92 Å². The van der Waals surface area contributed by atoms with Gasteiger partial charge in [-0.05, 0) is 19.1 Å². The lowest BCUT2D eigenvalue weighted by Crippen LogP contribution is -2.20. The molecule has 1 N–H and O–H groups in total. The maximum Gasteiger partial charge on any atom is 0.157 e. The summed E-state index contributed by atoms with van der Waals surface area (Å²) in [5.41, 5.74) is 1.41. The molecule has 0 atom stereocenters. The Morgan fingerprint density at radius 3 is 2.71 bits per heavy atom. The van der Waals surface area contributed by atoms with Crippen molar-refractivity contribution in [3.05, 3.63) is 36.5 Å². The first-order valence-electron chi connectivity index (χ1n) is 4.24. The molecule has 1 aromatic rings. The Labute approximate surface area is 82.1 Å². The molecule has 14 heavy (non-hydrogen) atoms. The highest BCUT2D eigenvalue weighted by Gasteiger charge is 2.23. The molecule has 1 aromatic heterocycles. The van der Waals surface area contributed by atoms with E-state index in [0.29, 0.717) is 17.2 Å². The van der Waals surface area contributed by atoms with Crippen molar-refractivity contribution < 1.29 is 0 Å². The Kier molecular flexibility index (Phi) is 1.89. The van der Waals surface area contributed by atoms with Crippen molar-refractivity contribution in [3.63, 3.8) is 0 Å². The number of nitrogens with zero attached hydrogens (tertiary/aromatic N) is 3. The van der Waals surface area contributed by atoms with E-state index in [2.05, 4.69) is 16.7 Å². The van der Waals surface area contributed by atoms with Gasteiger partial charge in [-0.15, -0.1) is 0 Å². The molecule has 0 saturated carbocycles. The van der Waals surface area contributed by atoms with Crippen LogP contribution in [0.4, 0.5) is 5.82 Å². The number of aromatic nitrogens is 1. The molecular formula is C10H10N4. The van der Waals surface area contributed by atoms with E-state index in [4.69, 9.17) is 5.41 Å². The summed E-state index contributed by atoms with van der Waals surface area (Å²) in [6.45, 7) is 5.60. The molecule has 0 aliphatic carbocycles. The SMILES string of the molecule is C=C1C(=N)N(c2ccccn2)N=C1C. The quantitative estimate of drug-likeness (QED) is 0.727. The molecule has 0 saturated heterocycles. The lowest BCUT2D eigenvalue weighted by molar-refractivity contribution is 1.08. The van der Waals surface area contributed by atoms with Crippen LogP contribution >= 0.6 is 0 Å². The maximum atomic E-state index is 7.75. The zero-order valence-corrected chi connectivity index (χ0v) is 7.86. The number of rotatable bonds is 1. The Balaban J connectivity index is 2.39. The number of anilines is 1. The van der Waals surface area contributed by atoms with E-state index in [0.717, 1.165) is 5.71 Å². The summed E-state index contributed by atoms with van der Waals surface area (Å²) in [5.74, 6) is 0.941. The Hall–Kier alpha value is -1.97. The van der Waals surface area contributed by atoms with Crippen molar-refractivity contribution >= 4 is 17.4 Å². The minimum atomic E-state index is 0.293. The molecule has 0 radical (unpaired) electrons. The second kappa shape index (κ2) is 3.06. The molecule has 0 fully saturated rings. The molecule has 2 heterocycles. The van der Waals surface area contributed by atoms with E-state index in [9.17, 15) is 0 Å². The minimum Gasteiger partial charge on any atom is -0.282 e. The highest BCUT2D eigenvalue weighted by molar-refractivity contribution is 6.30. The normalized spacial score (nSPS) is 16.1. The second-order valence-electron chi connectivity index (χ2n) is 3.01. The fourth-order valence-corrected chi connectivity index (χ4v) is 1.20. The molecule has 0 amide bonds. The van der Waals surface area contributed by atoms with Gasteiger partial charge < -0.3 is 0 Å². The molecular weight excluding hydrogens is 176 g/mol. The number of nitrogens with one attached hydrogen (secondary N) is 1. The van der Waals surface area contributed by atoms with Gasteiger partial charge in [-0.3, -0.25) is 5.41 Å². The van der Waals surface area contributed by atoms with E-state index in [1.807, 2.05) is 25.1 Å². The number of hydrogen-bond acceptors (Lipinski definition) is 3. The van der Waals surface area contributed by atoms with Crippen LogP contribution in [0.2, 0.25) is 0 Å². The number of hydrazone groups is 1. The van der Waals surface area contributed by atoms with Crippen LogP contribution in [-0.4, -0.2) is 16.5 Å². The van der Waals surface area contributed by atoms with Crippen molar-refractivity contribution in [3.8, 4) is 0 Å². The topological polar surface area (TPSA) is 52.3 Å². The van der Waals surface area contributed by atoms with Crippen LogP contribution in [0.5, 0.6) is 0 Å². The molecule has 0 bridgehead atoms. The smallest absolute Gasteiger partial charge is 0.157 e. The zero-order chi connectivity index (χ0) is 10.1. The van der Waals surface area contributed by atoms with Gasteiger partial charge >= 0.3 is 0 Å². The molecule has 70 valence electrons. The molecule has 0 aromatic carbocycles. The van der Waals surface area contributed by atoms with Crippen LogP contribution in [0, 0.1) is 5.41 Å². The average molecular weight is 186 g/mol. The molecule has 1 aliphatic rings. The summed E-state index contributed by atoms with van der Waals surface area (Å²) in [6.07, 6.45) is 1.68. The van der Waals surface area contributed by atoms with Crippen molar-refractivity contribution in [1.29, 1.82) is 5.41 Å². The first-order valence-corrected chi connectivity index (χ1v) is 4.24. The predicted molar refractivity (Wildman–Crippen MR) is 56.7 cm³/mol. The van der Waals surface area contributed by atoms with Gasteiger partial charge in [-0.2, -0.15) is 10.1 Å². The molecule has 2 rings (SSSR count). The summed E-state index contributed by atoms with van der Waals surface area (Å²) < 4.78 is 0. The standard InChI is InChI=1S/C10H10N4/c1-7-8(2)13-14(10(7)11)9-5-3-4-6-12-9/h3-6,11H,1H2,2H3. The third-order valence-electron chi connectivity index (χ3n) is 2.05. The van der Waals surface area contributed by atoms with E-state index in [-0.39, 0.29) is 0 Å². The summed E-state index contributed by atoms with van der Waals surface area (Å²) >= 11 is 0.